The molecule has 3 rings (SSSR count). The van der Waals surface area contributed by atoms with Gasteiger partial charge in [-0.25, -0.2) is 4.79 Å². The van der Waals surface area contributed by atoms with E-state index in [-0.39, 0.29) is 5.97 Å². The highest BCUT2D eigenvalue weighted by Crippen LogP contribution is 2.37. The lowest BCUT2D eigenvalue weighted by molar-refractivity contribution is 0.0606. The maximum Gasteiger partial charge on any atom is 0.350 e. The molecule has 0 radical (unpaired) electrons. The highest BCUT2D eigenvalue weighted by molar-refractivity contribution is 7.12. The van der Waals surface area contributed by atoms with Crippen molar-refractivity contribution >= 4 is 17.3 Å². The van der Waals surface area contributed by atoms with Gasteiger partial charge in [0.1, 0.15) is 4.88 Å². The molecule has 1 aliphatic carbocycles. The van der Waals surface area contributed by atoms with E-state index in [1.54, 1.807) is 0 Å². The van der Waals surface area contributed by atoms with Crippen molar-refractivity contribution in [3.63, 3.8) is 0 Å². The average Bonchev–Trinajstić information content (AvgIpc) is 2.99. The van der Waals surface area contributed by atoms with Crippen molar-refractivity contribution in [3.8, 4) is 5.69 Å². The Morgan fingerprint density at radius 2 is 2.24 bits per heavy atom. The van der Waals surface area contributed by atoms with E-state index < -0.39 is 6.10 Å². The van der Waals surface area contributed by atoms with Crippen molar-refractivity contribution in [1.82, 2.24) is 4.57 Å². The number of thiophene rings is 1. The fourth-order valence-electron chi connectivity index (χ4n) is 3.14. The van der Waals surface area contributed by atoms with Crippen molar-refractivity contribution in [2.45, 2.75) is 39.2 Å². The number of aliphatic hydroxyl groups is 1. The van der Waals surface area contributed by atoms with Gasteiger partial charge in [0.25, 0.3) is 0 Å². The van der Waals surface area contributed by atoms with Crippen LogP contribution in [-0.4, -0.2) is 22.8 Å². The third-order valence-electron chi connectivity index (χ3n) is 4.11. The van der Waals surface area contributed by atoms with Gasteiger partial charge in [0.05, 0.1) is 18.9 Å². The minimum atomic E-state index is -0.394. The molecule has 2 heterocycles. The predicted octanol–water partition coefficient (Wildman–Crippen LogP) is 3.31. The van der Waals surface area contributed by atoms with Gasteiger partial charge in [0, 0.05) is 17.0 Å². The first-order valence-electron chi connectivity index (χ1n) is 7.10. The summed E-state index contributed by atoms with van der Waals surface area (Å²) in [6, 6.07) is 2.04. The lowest BCUT2D eigenvalue weighted by Gasteiger charge is -2.21. The lowest BCUT2D eigenvalue weighted by Crippen LogP contribution is -2.13. The SMILES string of the molecule is COC(=O)c1scc(C)c1-n1c(C)cc2c1CCCC2O. The van der Waals surface area contributed by atoms with Crippen LogP contribution in [-0.2, 0) is 11.2 Å². The number of carbonyl (C=O) groups is 1. The summed E-state index contributed by atoms with van der Waals surface area (Å²) < 4.78 is 7.02. The van der Waals surface area contributed by atoms with E-state index in [4.69, 9.17) is 4.74 Å². The maximum absolute atomic E-state index is 12.0. The van der Waals surface area contributed by atoms with Crippen LogP contribution in [0.25, 0.3) is 5.69 Å². The number of ether oxygens (including phenoxy) is 1. The van der Waals surface area contributed by atoms with Gasteiger partial charge in [0.15, 0.2) is 0 Å². The molecule has 2 aromatic rings. The fraction of sp³-hybridized carbons (Fsp3) is 0.438. The third-order valence-corrected chi connectivity index (χ3v) is 5.17. The van der Waals surface area contributed by atoms with Crippen molar-refractivity contribution in [1.29, 1.82) is 0 Å². The summed E-state index contributed by atoms with van der Waals surface area (Å²) in [5.41, 5.74) is 5.13. The number of aromatic nitrogens is 1. The number of nitrogens with zero attached hydrogens (tertiary/aromatic N) is 1. The van der Waals surface area contributed by atoms with Crippen LogP contribution in [0.5, 0.6) is 0 Å². The molecular formula is C16H19NO3S. The van der Waals surface area contributed by atoms with E-state index in [2.05, 4.69) is 4.57 Å². The summed E-state index contributed by atoms with van der Waals surface area (Å²) in [7, 11) is 1.41. The van der Waals surface area contributed by atoms with Crippen LogP contribution >= 0.6 is 11.3 Å². The Kier molecular flexibility index (Phi) is 3.63. The Hall–Kier alpha value is -1.59. The second-order valence-corrected chi connectivity index (χ2v) is 6.40. The highest BCUT2D eigenvalue weighted by Gasteiger charge is 2.27. The molecule has 1 atom stereocenters. The van der Waals surface area contributed by atoms with Gasteiger partial charge >= 0.3 is 5.97 Å². The Labute approximate surface area is 128 Å². The molecule has 0 aromatic carbocycles. The van der Waals surface area contributed by atoms with Crippen molar-refractivity contribution in [2.75, 3.05) is 7.11 Å². The summed E-state index contributed by atoms with van der Waals surface area (Å²) >= 11 is 1.41. The number of esters is 1. The summed E-state index contributed by atoms with van der Waals surface area (Å²) in [6.07, 6.45) is 2.31. The Morgan fingerprint density at radius 1 is 1.48 bits per heavy atom. The predicted molar refractivity (Wildman–Crippen MR) is 82.4 cm³/mol. The molecule has 4 nitrogen and oxygen atoms in total. The Balaban J connectivity index is 2.22. The van der Waals surface area contributed by atoms with Crippen molar-refractivity contribution in [3.05, 3.63) is 38.8 Å². The fourth-order valence-corrected chi connectivity index (χ4v) is 4.09. The molecule has 0 fully saturated rings. The molecule has 112 valence electrons. The highest BCUT2D eigenvalue weighted by atomic mass is 32.1. The molecule has 0 aliphatic heterocycles. The van der Waals surface area contributed by atoms with E-state index >= 15 is 0 Å². The summed E-state index contributed by atoms with van der Waals surface area (Å²) in [4.78, 5) is 12.6. The molecule has 1 unspecified atom stereocenters. The zero-order valence-corrected chi connectivity index (χ0v) is 13.3. The molecule has 5 heteroatoms. The standard InChI is InChI=1S/C16H19NO3S/c1-9-8-21-15(16(19)20-3)14(9)17-10(2)7-11-12(17)5-4-6-13(11)18/h7-8,13,18H,4-6H2,1-3H3. The number of hydrogen-bond donors (Lipinski definition) is 1. The molecule has 0 amide bonds. The first kappa shape index (κ1) is 14.4. The first-order chi connectivity index (χ1) is 10.0. The molecule has 1 aliphatic rings. The quantitative estimate of drug-likeness (QED) is 0.866. The van der Waals surface area contributed by atoms with Gasteiger partial charge in [-0.15, -0.1) is 11.3 Å². The van der Waals surface area contributed by atoms with Crippen molar-refractivity contribution < 1.29 is 14.6 Å². The smallest absolute Gasteiger partial charge is 0.350 e. The van der Waals surface area contributed by atoms with E-state index in [1.165, 1.54) is 18.4 Å². The number of fused-ring (bicyclic) bond motifs is 1. The van der Waals surface area contributed by atoms with E-state index in [9.17, 15) is 9.90 Å². The van der Waals surface area contributed by atoms with Gasteiger partial charge < -0.3 is 14.4 Å². The zero-order chi connectivity index (χ0) is 15.1. The molecule has 1 N–H and O–H groups in total. The molecule has 0 saturated heterocycles. The van der Waals surface area contributed by atoms with Crippen LogP contribution in [0.15, 0.2) is 11.4 Å². The average molecular weight is 305 g/mol. The Morgan fingerprint density at radius 3 is 2.95 bits per heavy atom. The molecule has 0 saturated carbocycles. The van der Waals surface area contributed by atoms with Crippen LogP contribution in [0.3, 0.4) is 0 Å². The van der Waals surface area contributed by atoms with Crippen LogP contribution in [0.2, 0.25) is 0 Å². The van der Waals surface area contributed by atoms with Crippen LogP contribution < -0.4 is 0 Å². The van der Waals surface area contributed by atoms with Gasteiger partial charge in [-0.05, 0) is 50.1 Å². The molecule has 0 spiro atoms. The minimum Gasteiger partial charge on any atom is -0.465 e. The van der Waals surface area contributed by atoms with Crippen LogP contribution in [0, 0.1) is 13.8 Å². The second-order valence-electron chi connectivity index (χ2n) is 5.52. The maximum atomic E-state index is 12.0. The summed E-state index contributed by atoms with van der Waals surface area (Å²) in [5, 5.41) is 12.2. The lowest BCUT2D eigenvalue weighted by atomic mass is 9.95. The van der Waals surface area contributed by atoms with E-state index in [0.717, 1.165) is 47.5 Å². The molecule has 2 aromatic heterocycles. The largest absolute Gasteiger partial charge is 0.465 e. The number of carbonyl (C=O) groups excluding carboxylic acids is 1. The van der Waals surface area contributed by atoms with Gasteiger partial charge in [-0.1, -0.05) is 0 Å². The molecule has 21 heavy (non-hydrogen) atoms. The normalized spacial score (nSPS) is 17.6. The topological polar surface area (TPSA) is 51.5 Å². The monoisotopic (exact) mass is 305 g/mol. The number of aryl methyl sites for hydroxylation is 2. The first-order valence-corrected chi connectivity index (χ1v) is 7.98. The van der Waals surface area contributed by atoms with Crippen LogP contribution in [0.4, 0.5) is 0 Å². The minimum absolute atomic E-state index is 0.304. The van der Waals surface area contributed by atoms with Gasteiger partial charge in [0.2, 0.25) is 0 Å². The van der Waals surface area contributed by atoms with Crippen molar-refractivity contribution in [2.24, 2.45) is 0 Å². The van der Waals surface area contributed by atoms with Gasteiger partial charge in [-0.2, -0.15) is 0 Å². The van der Waals surface area contributed by atoms with Crippen LogP contribution in [0.1, 0.15) is 51.1 Å². The van der Waals surface area contributed by atoms with E-state index in [0.29, 0.717) is 4.88 Å². The summed E-state index contributed by atoms with van der Waals surface area (Å²) in [6.45, 7) is 4.02. The third kappa shape index (κ3) is 2.21. The zero-order valence-electron chi connectivity index (χ0n) is 12.5. The number of hydrogen-bond acceptors (Lipinski definition) is 4. The molecular weight excluding hydrogens is 286 g/mol. The number of methoxy groups -OCH3 is 1. The Bertz CT molecular complexity index is 699. The number of aliphatic hydroxyl groups excluding tert-OH is 1. The van der Waals surface area contributed by atoms with Gasteiger partial charge in [-0.3, -0.25) is 0 Å². The second kappa shape index (κ2) is 5.31. The molecule has 0 bridgehead atoms. The summed E-state index contributed by atoms with van der Waals surface area (Å²) in [5.74, 6) is -0.304. The van der Waals surface area contributed by atoms with E-state index in [1.807, 2.05) is 25.3 Å². The number of rotatable bonds is 2.